The lowest BCUT2D eigenvalue weighted by atomic mass is 10.0. The number of hydrogen-bond donors (Lipinski definition) is 0. The number of rotatable bonds is 6. The van der Waals surface area contributed by atoms with E-state index < -0.39 is 0 Å². The van der Waals surface area contributed by atoms with Crippen LogP contribution in [-0.2, 0) is 0 Å². The molecule has 3 heteroatoms. The van der Waals surface area contributed by atoms with Gasteiger partial charge >= 0.3 is 0 Å². The van der Waals surface area contributed by atoms with E-state index >= 15 is 0 Å². The van der Waals surface area contributed by atoms with Gasteiger partial charge in [0.15, 0.2) is 0 Å². The second-order valence-corrected chi connectivity index (χ2v) is 6.96. The predicted octanol–water partition coefficient (Wildman–Crippen LogP) is 5.74. The molecule has 2 aromatic carbocycles. The Kier molecular flexibility index (Phi) is 5.99. The van der Waals surface area contributed by atoms with Gasteiger partial charge < -0.3 is 4.74 Å². The summed E-state index contributed by atoms with van der Waals surface area (Å²) < 4.78 is 6.78. The molecule has 0 aliphatic rings. The number of hydrogen-bond acceptors (Lipinski definition) is 2. The molecule has 0 saturated heterocycles. The fraction of sp³-hybridized carbons (Fsp3) is 0.294. The minimum atomic E-state index is 0.592. The normalized spacial score (nSPS) is 10.8. The molecule has 1 nitrogen and oxygen atoms in total. The maximum Gasteiger partial charge on any atom is 0.119 e. The lowest BCUT2D eigenvalue weighted by molar-refractivity contribution is 0.344. The fourth-order valence-corrected chi connectivity index (χ4v) is 2.79. The molecule has 0 bridgehead atoms. The van der Waals surface area contributed by atoms with Crippen molar-refractivity contribution in [1.82, 2.24) is 0 Å². The van der Waals surface area contributed by atoms with Crippen LogP contribution in [0.1, 0.15) is 25.3 Å². The summed E-state index contributed by atoms with van der Waals surface area (Å²) in [6.07, 6.45) is 0. The highest BCUT2D eigenvalue weighted by atomic mass is 79.9. The van der Waals surface area contributed by atoms with Crippen LogP contribution in [0.25, 0.3) is 0 Å². The summed E-state index contributed by atoms with van der Waals surface area (Å²) in [6.45, 7) is 5.15. The van der Waals surface area contributed by atoms with Gasteiger partial charge in [-0.1, -0.05) is 41.9 Å². The highest BCUT2D eigenvalue weighted by Crippen LogP contribution is 2.22. The summed E-state index contributed by atoms with van der Waals surface area (Å²) in [5.74, 6) is 2.47. The molecule has 2 aromatic rings. The molecule has 0 atom stereocenters. The minimum absolute atomic E-state index is 0.592. The molecule has 0 aliphatic heterocycles. The van der Waals surface area contributed by atoms with Crippen molar-refractivity contribution in [1.29, 1.82) is 0 Å². The van der Waals surface area contributed by atoms with Crippen molar-refractivity contribution < 1.29 is 4.74 Å². The first-order valence-electron chi connectivity index (χ1n) is 6.76. The fourth-order valence-electron chi connectivity index (χ4n) is 1.80. The highest BCUT2D eigenvalue weighted by Gasteiger charge is 2.00. The van der Waals surface area contributed by atoms with Crippen molar-refractivity contribution >= 4 is 27.7 Å². The molecular formula is C17H19BrOS. The topological polar surface area (TPSA) is 9.23 Å². The van der Waals surface area contributed by atoms with E-state index in [2.05, 4.69) is 54.0 Å². The van der Waals surface area contributed by atoms with E-state index in [1.165, 1.54) is 10.5 Å². The summed E-state index contributed by atoms with van der Waals surface area (Å²) in [6, 6.07) is 16.8. The van der Waals surface area contributed by atoms with E-state index in [-0.39, 0.29) is 0 Å². The van der Waals surface area contributed by atoms with Crippen molar-refractivity contribution in [2.75, 3.05) is 12.4 Å². The van der Waals surface area contributed by atoms with Gasteiger partial charge in [-0.25, -0.2) is 0 Å². The van der Waals surface area contributed by atoms with E-state index in [9.17, 15) is 0 Å². The van der Waals surface area contributed by atoms with Gasteiger partial charge in [0.05, 0.1) is 6.61 Å². The molecule has 0 radical (unpaired) electrons. The van der Waals surface area contributed by atoms with Crippen LogP contribution in [0.3, 0.4) is 0 Å². The molecule has 20 heavy (non-hydrogen) atoms. The van der Waals surface area contributed by atoms with Crippen LogP contribution in [0.15, 0.2) is 57.9 Å². The number of halogens is 1. The average molecular weight is 351 g/mol. The third kappa shape index (κ3) is 4.88. The quantitative estimate of drug-likeness (QED) is 0.484. The molecule has 0 fully saturated rings. The highest BCUT2D eigenvalue weighted by molar-refractivity contribution is 9.10. The van der Waals surface area contributed by atoms with Crippen LogP contribution in [0.5, 0.6) is 5.75 Å². The Labute approximate surface area is 133 Å². The SMILES string of the molecule is CC(C)c1ccc(SCCOc2ccc(Br)cc2)cc1. The summed E-state index contributed by atoms with van der Waals surface area (Å²) in [5.41, 5.74) is 1.39. The van der Waals surface area contributed by atoms with E-state index in [4.69, 9.17) is 4.74 Å². The van der Waals surface area contributed by atoms with Gasteiger partial charge in [-0.05, 0) is 47.9 Å². The van der Waals surface area contributed by atoms with Gasteiger partial charge in [-0.3, -0.25) is 0 Å². The van der Waals surface area contributed by atoms with Crippen molar-refractivity contribution in [3.63, 3.8) is 0 Å². The summed E-state index contributed by atoms with van der Waals surface area (Å²) in [4.78, 5) is 1.30. The maximum absolute atomic E-state index is 5.70. The van der Waals surface area contributed by atoms with Crippen LogP contribution >= 0.6 is 27.7 Å². The summed E-state index contributed by atoms with van der Waals surface area (Å²) in [5, 5.41) is 0. The molecule has 0 spiro atoms. The van der Waals surface area contributed by atoms with Crippen LogP contribution in [0, 0.1) is 0 Å². The zero-order chi connectivity index (χ0) is 14.4. The lowest BCUT2D eigenvalue weighted by Crippen LogP contribution is -1.99. The third-order valence-electron chi connectivity index (χ3n) is 2.98. The van der Waals surface area contributed by atoms with Crippen LogP contribution in [0.4, 0.5) is 0 Å². The van der Waals surface area contributed by atoms with Crippen LogP contribution in [0.2, 0.25) is 0 Å². The number of ether oxygens (including phenoxy) is 1. The first-order valence-corrected chi connectivity index (χ1v) is 8.54. The first-order chi connectivity index (χ1) is 9.65. The predicted molar refractivity (Wildman–Crippen MR) is 90.9 cm³/mol. The summed E-state index contributed by atoms with van der Waals surface area (Å²) >= 11 is 5.24. The first kappa shape index (κ1) is 15.5. The van der Waals surface area contributed by atoms with E-state index in [0.29, 0.717) is 5.92 Å². The Balaban J connectivity index is 1.74. The molecule has 0 amide bonds. The van der Waals surface area contributed by atoms with Gasteiger partial charge in [0.25, 0.3) is 0 Å². The van der Waals surface area contributed by atoms with Crippen LogP contribution < -0.4 is 4.74 Å². The largest absolute Gasteiger partial charge is 0.493 e. The number of benzene rings is 2. The van der Waals surface area contributed by atoms with Crippen molar-refractivity contribution in [2.45, 2.75) is 24.7 Å². The maximum atomic E-state index is 5.70. The molecule has 2 rings (SSSR count). The number of thioether (sulfide) groups is 1. The average Bonchev–Trinajstić information content (AvgIpc) is 2.46. The van der Waals surface area contributed by atoms with Gasteiger partial charge in [-0.15, -0.1) is 11.8 Å². The second kappa shape index (κ2) is 7.75. The zero-order valence-electron chi connectivity index (χ0n) is 11.8. The molecule has 0 heterocycles. The Morgan fingerprint density at radius 3 is 2.25 bits per heavy atom. The molecule has 0 saturated carbocycles. The van der Waals surface area contributed by atoms with Crippen LogP contribution in [-0.4, -0.2) is 12.4 Å². The van der Waals surface area contributed by atoms with E-state index in [1.54, 1.807) is 0 Å². The lowest BCUT2D eigenvalue weighted by Gasteiger charge is -2.08. The molecule has 0 aliphatic carbocycles. The molecule has 0 aromatic heterocycles. The smallest absolute Gasteiger partial charge is 0.119 e. The molecular weight excluding hydrogens is 332 g/mol. The Morgan fingerprint density at radius 1 is 1.00 bits per heavy atom. The molecule has 106 valence electrons. The molecule has 0 unspecified atom stereocenters. The Morgan fingerprint density at radius 2 is 1.65 bits per heavy atom. The zero-order valence-corrected chi connectivity index (χ0v) is 14.2. The van der Waals surface area contributed by atoms with E-state index in [0.717, 1.165) is 22.6 Å². The van der Waals surface area contributed by atoms with Gasteiger partial charge in [0, 0.05) is 15.1 Å². The molecule has 0 N–H and O–H groups in total. The monoisotopic (exact) mass is 350 g/mol. The van der Waals surface area contributed by atoms with Gasteiger partial charge in [-0.2, -0.15) is 0 Å². The minimum Gasteiger partial charge on any atom is -0.493 e. The van der Waals surface area contributed by atoms with Crippen molar-refractivity contribution in [3.05, 3.63) is 58.6 Å². The van der Waals surface area contributed by atoms with Gasteiger partial charge in [0.2, 0.25) is 0 Å². The standard InChI is InChI=1S/C17H19BrOS/c1-13(2)14-3-9-17(10-4-14)20-12-11-19-16-7-5-15(18)6-8-16/h3-10,13H,11-12H2,1-2H3. The van der Waals surface area contributed by atoms with Crippen molar-refractivity contribution in [3.8, 4) is 5.75 Å². The van der Waals surface area contributed by atoms with Crippen molar-refractivity contribution in [2.24, 2.45) is 0 Å². The summed E-state index contributed by atoms with van der Waals surface area (Å²) in [7, 11) is 0. The Bertz CT molecular complexity index is 520. The third-order valence-corrected chi connectivity index (χ3v) is 4.49. The van der Waals surface area contributed by atoms with E-state index in [1.807, 2.05) is 36.0 Å². The second-order valence-electron chi connectivity index (χ2n) is 4.87. The Hall–Kier alpha value is -0.930. The van der Waals surface area contributed by atoms with Gasteiger partial charge in [0.1, 0.15) is 5.75 Å².